The molecule has 3 heteroatoms. The van der Waals surface area contributed by atoms with Crippen LogP contribution >= 0.6 is 11.8 Å². The first-order chi connectivity index (χ1) is 11.8. The first-order valence-electron chi connectivity index (χ1n) is 7.90. The summed E-state index contributed by atoms with van der Waals surface area (Å²) in [4.78, 5) is 2.37. The van der Waals surface area contributed by atoms with E-state index in [2.05, 4.69) is 53.9 Å². The molecule has 0 aliphatic carbocycles. The van der Waals surface area contributed by atoms with Crippen LogP contribution in [-0.2, 0) is 0 Å². The summed E-state index contributed by atoms with van der Waals surface area (Å²) in [6.45, 7) is 0. The van der Waals surface area contributed by atoms with Gasteiger partial charge in [-0.3, -0.25) is 0 Å². The van der Waals surface area contributed by atoms with Crippen LogP contribution in [0.15, 0.2) is 89.8 Å². The van der Waals surface area contributed by atoms with Gasteiger partial charge in [0.05, 0.1) is 6.04 Å². The number of fused-ring (bicyclic) bond motifs is 1. The van der Waals surface area contributed by atoms with Gasteiger partial charge in [-0.15, -0.1) is 0 Å². The Morgan fingerprint density at radius 1 is 0.792 bits per heavy atom. The van der Waals surface area contributed by atoms with Gasteiger partial charge >= 0.3 is 0 Å². The summed E-state index contributed by atoms with van der Waals surface area (Å²) in [5.41, 5.74) is 3.14. The average molecular weight is 331 g/mol. The van der Waals surface area contributed by atoms with Crippen molar-refractivity contribution in [2.45, 2.75) is 10.9 Å². The third kappa shape index (κ3) is 2.91. The molecule has 1 aliphatic heterocycles. The fourth-order valence-corrected chi connectivity index (χ4v) is 3.94. The molecule has 0 fully saturated rings. The van der Waals surface area contributed by atoms with Crippen LogP contribution < -0.4 is 5.32 Å². The lowest BCUT2D eigenvalue weighted by molar-refractivity contribution is 0.467. The Morgan fingerprint density at radius 2 is 1.50 bits per heavy atom. The summed E-state index contributed by atoms with van der Waals surface area (Å²) in [6.07, 6.45) is 2.19. The van der Waals surface area contributed by atoms with E-state index in [1.165, 1.54) is 15.4 Å². The smallest absolute Gasteiger partial charge is 0.121 e. The lowest BCUT2D eigenvalue weighted by Crippen LogP contribution is -2.08. The van der Waals surface area contributed by atoms with E-state index in [4.69, 9.17) is 0 Å². The molecule has 1 atom stereocenters. The van der Waals surface area contributed by atoms with Gasteiger partial charge in [0.2, 0.25) is 0 Å². The van der Waals surface area contributed by atoms with Gasteiger partial charge in [-0.25, -0.2) is 0 Å². The zero-order valence-corrected chi connectivity index (χ0v) is 13.8. The maximum absolute atomic E-state index is 10.3. The quantitative estimate of drug-likeness (QED) is 0.632. The summed E-state index contributed by atoms with van der Waals surface area (Å²) in [7, 11) is 0. The van der Waals surface area contributed by atoms with E-state index < -0.39 is 0 Å². The molecule has 0 bridgehead atoms. The molecule has 1 heterocycles. The van der Waals surface area contributed by atoms with Crippen molar-refractivity contribution in [1.82, 2.24) is 0 Å². The molecule has 0 spiro atoms. The van der Waals surface area contributed by atoms with Crippen molar-refractivity contribution in [3.63, 3.8) is 0 Å². The number of rotatable bonds is 2. The molecule has 1 unspecified atom stereocenters. The van der Waals surface area contributed by atoms with Crippen LogP contribution in [0.1, 0.15) is 17.2 Å². The van der Waals surface area contributed by atoms with E-state index >= 15 is 0 Å². The Balaban J connectivity index is 1.85. The molecule has 24 heavy (non-hydrogen) atoms. The maximum Gasteiger partial charge on any atom is 0.121 e. The molecule has 4 rings (SSSR count). The SMILES string of the molecule is Oc1ccccc1C1C=C(c2ccccc2)Sc2ccccc2N1. The lowest BCUT2D eigenvalue weighted by Gasteiger charge is -2.17. The number of nitrogens with one attached hydrogen (secondary N) is 1. The normalized spacial score (nSPS) is 16.5. The number of hydrogen-bond donors (Lipinski definition) is 2. The second kappa shape index (κ2) is 6.46. The number of hydrogen-bond acceptors (Lipinski definition) is 3. The molecule has 2 nitrogen and oxygen atoms in total. The van der Waals surface area contributed by atoms with E-state index in [9.17, 15) is 5.11 Å². The fraction of sp³-hybridized carbons (Fsp3) is 0.0476. The third-order valence-electron chi connectivity index (χ3n) is 4.07. The van der Waals surface area contributed by atoms with Gasteiger partial charge < -0.3 is 10.4 Å². The highest BCUT2D eigenvalue weighted by Crippen LogP contribution is 2.44. The molecule has 0 saturated heterocycles. The predicted molar refractivity (Wildman–Crippen MR) is 101 cm³/mol. The van der Waals surface area contributed by atoms with E-state index in [1.807, 2.05) is 30.3 Å². The van der Waals surface area contributed by atoms with Crippen LogP contribution in [0.5, 0.6) is 5.75 Å². The molecular formula is C21H17NOS. The van der Waals surface area contributed by atoms with Gasteiger partial charge in [0.15, 0.2) is 0 Å². The predicted octanol–water partition coefficient (Wildman–Crippen LogP) is 5.69. The van der Waals surface area contributed by atoms with Gasteiger partial charge in [0, 0.05) is 21.1 Å². The second-order valence-corrected chi connectivity index (χ2v) is 6.76. The number of phenolic OH excluding ortho intramolecular Hbond substituents is 1. The average Bonchev–Trinajstić information content (AvgIpc) is 2.82. The van der Waals surface area contributed by atoms with E-state index in [1.54, 1.807) is 17.8 Å². The molecule has 118 valence electrons. The highest BCUT2D eigenvalue weighted by molar-refractivity contribution is 8.08. The Bertz CT molecular complexity index is 889. The summed E-state index contributed by atoms with van der Waals surface area (Å²) in [5.74, 6) is 0.308. The van der Waals surface area contributed by atoms with Gasteiger partial charge in [0.1, 0.15) is 5.75 Å². The molecular weight excluding hydrogens is 314 g/mol. The molecule has 0 radical (unpaired) electrons. The van der Waals surface area contributed by atoms with Crippen molar-refractivity contribution >= 4 is 22.4 Å². The summed E-state index contributed by atoms with van der Waals surface area (Å²) >= 11 is 1.75. The Kier molecular flexibility index (Phi) is 4.01. The van der Waals surface area contributed by atoms with Crippen molar-refractivity contribution in [3.8, 4) is 5.75 Å². The summed E-state index contributed by atoms with van der Waals surface area (Å²) < 4.78 is 0. The Hall–Kier alpha value is -2.65. The number of para-hydroxylation sites is 2. The van der Waals surface area contributed by atoms with Gasteiger partial charge in [-0.1, -0.05) is 72.4 Å². The molecule has 2 N–H and O–H groups in total. The first-order valence-corrected chi connectivity index (χ1v) is 8.71. The number of thioether (sulfide) groups is 1. The van der Waals surface area contributed by atoms with Crippen LogP contribution in [0.25, 0.3) is 4.91 Å². The standard InChI is InChI=1S/C21H17NOS/c23-19-12-6-4-10-16(19)18-14-21(15-8-2-1-3-9-15)24-20-13-7-5-11-17(20)22-18/h1-14,18,22-23H. The number of phenols is 1. The number of benzene rings is 3. The fourth-order valence-electron chi connectivity index (χ4n) is 2.86. The topological polar surface area (TPSA) is 32.3 Å². The van der Waals surface area contributed by atoms with Gasteiger partial charge in [-0.2, -0.15) is 0 Å². The largest absolute Gasteiger partial charge is 0.508 e. The van der Waals surface area contributed by atoms with Crippen molar-refractivity contribution < 1.29 is 5.11 Å². The highest BCUT2D eigenvalue weighted by atomic mass is 32.2. The van der Waals surface area contributed by atoms with Crippen LogP contribution in [0.3, 0.4) is 0 Å². The summed E-state index contributed by atoms with van der Waals surface area (Å²) in [6, 6.07) is 26.1. The van der Waals surface area contributed by atoms with Crippen LogP contribution in [0.2, 0.25) is 0 Å². The van der Waals surface area contributed by atoms with Gasteiger partial charge in [0.25, 0.3) is 0 Å². The van der Waals surface area contributed by atoms with E-state index in [0.717, 1.165) is 11.3 Å². The third-order valence-corrected chi connectivity index (χ3v) is 5.23. The second-order valence-electron chi connectivity index (χ2n) is 5.68. The van der Waals surface area contributed by atoms with Crippen LogP contribution in [-0.4, -0.2) is 5.11 Å². The van der Waals surface area contributed by atoms with Crippen LogP contribution in [0.4, 0.5) is 5.69 Å². The molecule has 0 saturated carbocycles. The number of aromatic hydroxyl groups is 1. The Morgan fingerprint density at radius 3 is 2.33 bits per heavy atom. The lowest BCUT2D eigenvalue weighted by atomic mass is 10.0. The van der Waals surface area contributed by atoms with Crippen molar-refractivity contribution in [2.24, 2.45) is 0 Å². The summed E-state index contributed by atoms with van der Waals surface area (Å²) in [5, 5.41) is 13.8. The van der Waals surface area contributed by atoms with Crippen molar-refractivity contribution in [1.29, 1.82) is 0 Å². The zero-order chi connectivity index (χ0) is 16.4. The minimum absolute atomic E-state index is 0.0856. The van der Waals surface area contributed by atoms with Crippen LogP contribution in [0, 0.1) is 0 Å². The molecule has 0 amide bonds. The van der Waals surface area contributed by atoms with E-state index in [0.29, 0.717) is 5.75 Å². The first kappa shape index (κ1) is 14.9. The number of anilines is 1. The van der Waals surface area contributed by atoms with Crippen molar-refractivity contribution in [3.05, 3.63) is 96.1 Å². The zero-order valence-electron chi connectivity index (χ0n) is 13.0. The maximum atomic E-state index is 10.3. The molecule has 3 aromatic carbocycles. The highest BCUT2D eigenvalue weighted by Gasteiger charge is 2.20. The molecule has 0 aromatic heterocycles. The molecule has 3 aromatic rings. The monoisotopic (exact) mass is 331 g/mol. The Labute approximate surface area is 145 Å². The van der Waals surface area contributed by atoms with E-state index in [-0.39, 0.29) is 6.04 Å². The van der Waals surface area contributed by atoms with Gasteiger partial charge in [-0.05, 0) is 29.8 Å². The molecule has 1 aliphatic rings. The van der Waals surface area contributed by atoms with Crippen molar-refractivity contribution in [2.75, 3.05) is 5.32 Å². The minimum atomic E-state index is -0.0856. The minimum Gasteiger partial charge on any atom is -0.508 e.